The Morgan fingerprint density at radius 1 is 1.47 bits per heavy atom. The van der Waals surface area contributed by atoms with Gasteiger partial charge in [0.1, 0.15) is 5.75 Å². The molecule has 0 heterocycles. The van der Waals surface area contributed by atoms with E-state index < -0.39 is 11.9 Å². The minimum atomic E-state index is -0.570. The summed E-state index contributed by atoms with van der Waals surface area (Å²) >= 11 is 1.96. The van der Waals surface area contributed by atoms with Crippen LogP contribution in [0.25, 0.3) is 0 Å². The number of halogens is 1. The Hall–Kier alpha value is -1.51. The minimum absolute atomic E-state index is 0.0303. The summed E-state index contributed by atoms with van der Waals surface area (Å²) in [6.07, 6.45) is 0. The van der Waals surface area contributed by atoms with Crippen molar-refractivity contribution >= 4 is 34.3 Å². The number of oxime groups is 1. The number of benzene rings is 1. The van der Waals surface area contributed by atoms with Crippen molar-refractivity contribution in [3.05, 3.63) is 27.3 Å². The number of hydrogen-bond acceptors (Lipinski definition) is 4. The number of hydrogen-bond donors (Lipinski definition) is 4. The van der Waals surface area contributed by atoms with Crippen LogP contribution in [0.1, 0.15) is 24.2 Å². The molecule has 0 bridgehead atoms. The maximum absolute atomic E-state index is 12.0. The SMILES string of the molecule is CC(C)C(NC(=O)c1ccc(I)c(O)c1)/C(N)=N/O. The third kappa shape index (κ3) is 3.98. The molecule has 0 radical (unpaired) electrons. The Morgan fingerprint density at radius 3 is 2.58 bits per heavy atom. The maximum Gasteiger partial charge on any atom is 0.252 e. The van der Waals surface area contributed by atoms with Gasteiger partial charge in [0.2, 0.25) is 0 Å². The van der Waals surface area contributed by atoms with Gasteiger partial charge in [-0.15, -0.1) is 0 Å². The average Bonchev–Trinajstić information content (AvgIpc) is 2.37. The van der Waals surface area contributed by atoms with E-state index in [9.17, 15) is 9.90 Å². The van der Waals surface area contributed by atoms with E-state index in [1.54, 1.807) is 12.1 Å². The van der Waals surface area contributed by atoms with Gasteiger partial charge in [-0.05, 0) is 46.7 Å². The molecule has 1 unspecified atom stereocenters. The van der Waals surface area contributed by atoms with Crippen LogP contribution in [0, 0.1) is 9.49 Å². The van der Waals surface area contributed by atoms with Crippen molar-refractivity contribution in [3.8, 4) is 5.75 Å². The molecule has 1 amide bonds. The first kappa shape index (κ1) is 15.5. The Labute approximate surface area is 124 Å². The van der Waals surface area contributed by atoms with Gasteiger partial charge in [0.15, 0.2) is 5.84 Å². The third-order valence-corrected chi connectivity index (χ3v) is 3.51. The first-order valence-corrected chi connectivity index (χ1v) is 6.71. The van der Waals surface area contributed by atoms with Crippen LogP contribution in [0.15, 0.2) is 23.4 Å². The molecule has 19 heavy (non-hydrogen) atoms. The first-order valence-electron chi connectivity index (χ1n) is 5.63. The van der Waals surface area contributed by atoms with Crippen molar-refractivity contribution in [2.24, 2.45) is 16.8 Å². The molecular formula is C12H16IN3O3. The highest BCUT2D eigenvalue weighted by atomic mass is 127. The van der Waals surface area contributed by atoms with E-state index in [0.29, 0.717) is 9.13 Å². The van der Waals surface area contributed by atoms with Gasteiger partial charge in [0.25, 0.3) is 5.91 Å². The van der Waals surface area contributed by atoms with Gasteiger partial charge < -0.3 is 21.4 Å². The number of amidine groups is 1. The van der Waals surface area contributed by atoms with E-state index in [1.807, 2.05) is 36.4 Å². The monoisotopic (exact) mass is 377 g/mol. The van der Waals surface area contributed by atoms with Crippen LogP contribution in [0.5, 0.6) is 5.75 Å². The van der Waals surface area contributed by atoms with Crippen molar-refractivity contribution in [3.63, 3.8) is 0 Å². The highest BCUT2D eigenvalue weighted by Gasteiger charge is 2.21. The number of nitrogens with one attached hydrogen (secondary N) is 1. The molecule has 5 N–H and O–H groups in total. The second kappa shape index (κ2) is 6.60. The Bertz CT molecular complexity index is 503. The molecule has 1 rings (SSSR count). The molecule has 0 saturated heterocycles. The van der Waals surface area contributed by atoms with Crippen LogP contribution in [0.2, 0.25) is 0 Å². The van der Waals surface area contributed by atoms with Crippen molar-refractivity contribution in [1.29, 1.82) is 0 Å². The molecule has 1 aromatic rings. The van der Waals surface area contributed by atoms with Gasteiger partial charge in [-0.2, -0.15) is 0 Å². The van der Waals surface area contributed by atoms with Crippen molar-refractivity contribution in [2.45, 2.75) is 19.9 Å². The highest BCUT2D eigenvalue weighted by molar-refractivity contribution is 14.1. The molecular weight excluding hydrogens is 361 g/mol. The summed E-state index contributed by atoms with van der Waals surface area (Å²) in [4.78, 5) is 12.0. The van der Waals surface area contributed by atoms with Crippen LogP contribution in [-0.2, 0) is 0 Å². The van der Waals surface area contributed by atoms with Crippen LogP contribution in [0.3, 0.4) is 0 Å². The van der Waals surface area contributed by atoms with E-state index in [4.69, 9.17) is 10.9 Å². The summed E-state index contributed by atoms with van der Waals surface area (Å²) in [5.41, 5.74) is 5.85. The second-order valence-corrected chi connectivity index (χ2v) is 5.55. The smallest absolute Gasteiger partial charge is 0.252 e. The van der Waals surface area contributed by atoms with E-state index in [1.165, 1.54) is 6.07 Å². The number of nitrogens with zero attached hydrogens (tertiary/aromatic N) is 1. The predicted molar refractivity (Wildman–Crippen MR) is 80.3 cm³/mol. The summed E-state index contributed by atoms with van der Waals surface area (Å²) < 4.78 is 0.658. The Kier molecular flexibility index (Phi) is 5.40. The lowest BCUT2D eigenvalue weighted by Crippen LogP contribution is -2.47. The van der Waals surface area contributed by atoms with Crippen LogP contribution in [0.4, 0.5) is 0 Å². The van der Waals surface area contributed by atoms with Gasteiger partial charge in [-0.25, -0.2) is 0 Å². The van der Waals surface area contributed by atoms with Crippen molar-refractivity contribution in [2.75, 3.05) is 0 Å². The second-order valence-electron chi connectivity index (χ2n) is 4.39. The number of amides is 1. The minimum Gasteiger partial charge on any atom is -0.507 e. The summed E-state index contributed by atoms with van der Waals surface area (Å²) in [6, 6.07) is 4.04. The number of aromatic hydroxyl groups is 1. The molecule has 0 aliphatic rings. The molecule has 0 aliphatic heterocycles. The molecule has 0 aromatic heterocycles. The van der Waals surface area contributed by atoms with E-state index >= 15 is 0 Å². The number of rotatable bonds is 4. The van der Waals surface area contributed by atoms with Crippen LogP contribution in [-0.4, -0.2) is 28.1 Å². The predicted octanol–water partition coefficient (Wildman–Crippen LogP) is 1.50. The Morgan fingerprint density at radius 2 is 2.11 bits per heavy atom. The standard InChI is InChI=1S/C12H16IN3O3/c1-6(2)10(11(14)16-19)15-12(18)7-3-4-8(13)9(17)5-7/h3-6,10,17,19H,1-2H3,(H2,14,16)(H,15,18). The van der Waals surface area contributed by atoms with E-state index in [0.717, 1.165) is 0 Å². The first-order chi connectivity index (χ1) is 8.86. The van der Waals surface area contributed by atoms with Gasteiger partial charge in [0.05, 0.1) is 9.61 Å². The molecule has 0 saturated carbocycles. The zero-order valence-corrected chi connectivity index (χ0v) is 12.7. The number of phenols is 1. The third-order valence-electron chi connectivity index (χ3n) is 2.60. The highest BCUT2D eigenvalue weighted by Crippen LogP contribution is 2.20. The summed E-state index contributed by atoms with van der Waals surface area (Å²) in [5, 5.41) is 23.8. The summed E-state index contributed by atoms with van der Waals surface area (Å²) in [6.45, 7) is 3.68. The molecule has 104 valence electrons. The number of nitrogens with two attached hydrogens (primary N) is 1. The average molecular weight is 377 g/mol. The number of phenolic OH excluding ortho intramolecular Hbond substituents is 1. The van der Waals surface area contributed by atoms with Crippen LogP contribution >= 0.6 is 22.6 Å². The summed E-state index contributed by atoms with van der Waals surface area (Å²) in [5.74, 6) is -0.439. The van der Waals surface area contributed by atoms with Crippen LogP contribution < -0.4 is 11.1 Å². The molecule has 0 aliphatic carbocycles. The quantitative estimate of drug-likeness (QED) is 0.210. The maximum atomic E-state index is 12.0. The van der Waals surface area contributed by atoms with E-state index in [2.05, 4.69) is 10.5 Å². The fourth-order valence-electron chi connectivity index (χ4n) is 1.52. The lowest BCUT2D eigenvalue weighted by atomic mass is 10.0. The van der Waals surface area contributed by atoms with Crippen molar-refractivity contribution in [1.82, 2.24) is 5.32 Å². The lowest BCUT2D eigenvalue weighted by molar-refractivity contribution is 0.0938. The van der Waals surface area contributed by atoms with E-state index in [-0.39, 0.29) is 17.5 Å². The molecule has 0 fully saturated rings. The zero-order valence-electron chi connectivity index (χ0n) is 10.6. The normalized spacial score (nSPS) is 13.4. The topological polar surface area (TPSA) is 108 Å². The van der Waals surface area contributed by atoms with Gasteiger partial charge in [-0.1, -0.05) is 19.0 Å². The largest absolute Gasteiger partial charge is 0.507 e. The Balaban J connectivity index is 2.91. The fraction of sp³-hybridized carbons (Fsp3) is 0.333. The summed E-state index contributed by atoms with van der Waals surface area (Å²) in [7, 11) is 0. The van der Waals surface area contributed by atoms with Gasteiger partial charge in [0, 0.05) is 5.56 Å². The molecule has 7 heteroatoms. The molecule has 1 aromatic carbocycles. The van der Waals surface area contributed by atoms with Gasteiger partial charge >= 0.3 is 0 Å². The fourth-order valence-corrected chi connectivity index (χ4v) is 1.86. The van der Waals surface area contributed by atoms with Crippen molar-refractivity contribution < 1.29 is 15.1 Å². The molecule has 0 spiro atoms. The number of carbonyl (C=O) groups is 1. The lowest BCUT2D eigenvalue weighted by Gasteiger charge is -2.20. The zero-order chi connectivity index (χ0) is 14.6. The van der Waals surface area contributed by atoms with Gasteiger partial charge in [-0.3, -0.25) is 4.79 Å². The molecule has 6 nitrogen and oxygen atoms in total. The molecule has 1 atom stereocenters. The number of carbonyl (C=O) groups excluding carboxylic acids is 1.